The Balaban J connectivity index is 1.97. The number of halogens is 1. The van der Waals surface area contributed by atoms with Crippen molar-refractivity contribution >= 4 is 11.6 Å². The lowest BCUT2D eigenvalue weighted by molar-refractivity contribution is -0.114. The van der Waals surface area contributed by atoms with Gasteiger partial charge in [0.1, 0.15) is 18.0 Å². The summed E-state index contributed by atoms with van der Waals surface area (Å²) in [4.78, 5) is 14.4. The Morgan fingerprint density at radius 2 is 2.56 bits per heavy atom. The highest BCUT2D eigenvalue weighted by molar-refractivity contribution is 5.88. The first-order valence-corrected chi connectivity index (χ1v) is 5.94. The summed E-state index contributed by atoms with van der Waals surface area (Å²) in [5, 5.41) is 5.67. The van der Waals surface area contributed by atoms with Crippen LogP contribution in [0.4, 0.5) is 10.1 Å². The molecule has 0 aromatic carbocycles. The van der Waals surface area contributed by atoms with Gasteiger partial charge in [0, 0.05) is 19.0 Å². The predicted octanol–water partition coefficient (Wildman–Crippen LogP) is 1.31. The summed E-state index contributed by atoms with van der Waals surface area (Å²) in [5.41, 5.74) is 0.0411. The van der Waals surface area contributed by atoms with Crippen molar-refractivity contribution in [3.8, 4) is 5.75 Å². The quantitative estimate of drug-likeness (QED) is 0.794. The molecule has 0 aliphatic carbocycles. The molecule has 0 saturated carbocycles. The molecule has 1 aliphatic rings. The number of hydrogen-bond acceptors (Lipinski definition) is 4. The van der Waals surface area contributed by atoms with Crippen molar-refractivity contribution < 1.29 is 13.9 Å². The molecule has 0 radical (unpaired) electrons. The number of hydrogen-bond donors (Lipinski definition) is 2. The molecule has 1 aromatic heterocycles. The Labute approximate surface area is 105 Å². The highest BCUT2D eigenvalue weighted by Crippen LogP contribution is 2.19. The number of ether oxygens (including phenoxy) is 1. The van der Waals surface area contributed by atoms with Gasteiger partial charge in [-0.1, -0.05) is 0 Å². The zero-order valence-electron chi connectivity index (χ0n) is 10.2. The zero-order chi connectivity index (χ0) is 13.0. The molecule has 18 heavy (non-hydrogen) atoms. The van der Waals surface area contributed by atoms with E-state index in [0.717, 1.165) is 19.4 Å². The molecule has 98 valence electrons. The minimum absolute atomic E-state index is 0.0411. The molecule has 5 nitrogen and oxygen atoms in total. The van der Waals surface area contributed by atoms with Crippen LogP contribution in [0.25, 0.3) is 0 Å². The van der Waals surface area contributed by atoms with Gasteiger partial charge >= 0.3 is 0 Å². The van der Waals surface area contributed by atoms with E-state index < -0.39 is 5.95 Å². The fraction of sp³-hybridized carbons (Fsp3) is 0.500. The van der Waals surface area contributed by atoms with Gasteiger partial charge in [0.25, 0.3) is 0 Å². The minimum atomic E-state index is -0.712. The zero-order valence-corrected chi connectivity index (χ0v) is 10.2. The first-order valence-electron chi connectivity index (χ1n) is 5.94. The summed E-state index contributed by atoms with van der Waals surface area (Å²) < 4.78 is 18.8. The van der Waals surface area contributed by atoms with Crippen LogP contribution in [0.2, 0.25) is 0 Å². The van der Waals surface area contributed by atoms with Gasteiger partial charge in [0.05, 0.1) is 6.20 Å². The SMILES string of the molecule is CC(=O)Nc1cc(OCC2CCCN2)cnc1F. The predicted molar refractivity (Wildman–Crippen MR) is 65.0 cm³/mol. The van der Waals surface area contributed by atoms with Crippen LogP contribution >= 0.6 is 0 Å². The van der Waals surface area contributed by atoms with E-state index in [2.05, 4.69) is 15.6 Å². The summed E-state index contributed by atoms with van der Waals surface area (Å²) in [6.07, 6.45) is 3.54. The Hall–Kier alpha value is -1.69. The number of carbonyl (C=O) groups is 1. The van der Waals surface area contributed by atoms with E-state index in [1.807, 2.05) is 0 Å². The van der Waals surface area contributed by atoms with E-state index in [4.69, 9.17) is 4.74 Å². The lowest BCUT2D eigenvalue weighted by Crippen LogP contribution is -2.28. The van der Waals surface area contributed by atoms with Crippen molar-refractivity contribution in [1.82, 2.24) is 10.3 Å². The largest absolute Gasteiger partial charge is 0.490 e. The smallest absolute Gasteiger partial charge is 0.236 e. The minimum Gasteiger partial charge on any atom is -0.490 e. The van der Waals surface area contributed by atoms with E-state index in [9.17, 15) is 9.18 Å². The monoisotopic (exact) mass is 253 g/mol. The van der Waals surface area contributed by atoms with Gasteiger partial charge in [-0.15, -0.1) is 0 Å². The van der Waals surface area contributed by atoms with Gasteiger partial charge in [0.2, 0.25) is 11.9 Å². The van der Waals surface area contributed by atoms with E-state index in [-0.39, 0.29) is 11.6 Å². The highest BCUT2D eigenvalue weighted by Gasteiger charge is 2.15. The Morgan fingerprint density at radius 3 is 3.22 bits per heavy atom. The second kappa shape index (κ2) is 5.77. The number of pyridine rings is 1. The van der Waals surface area contributed by atoms with Gasteiger partial charge in [-0.2, -0.15) is 4.39 Å². The number of amides is 1. The summed E-state index contributed by atoms with van der Waals surface area (Å²) in [5.74, 6) is -0.601. The fourth-order valence-corrected chi connectivity index (χ4v) is 1.88. The third kappa shape index (κ3) is 3.40. The topological polar surface area (TPSA) is 63.2 Å². The second-order valence-corrected chi connectivity index (χ2v) is 4.29. The molecule has 1 amide bonds. The molecule has 2 N–H and O–H groups in total. The number of nitrogens with zero attached hydrogens (tertiary/aromatic N) is 1. The molecule has 1 aliphatic heterocycles. The number of aromatic nitrogens is 1. The Morgan fingerprint density at radius 1 is 1.72 bits per heavy atom. The lowest BCUT2D eigenvalue weighted by atomic mass is 10.2. The van der Waals surface area contributed by atoms with E-state index in [1.54, 1.807) is 0 Å². The van der Waals surface area contributed by atoms with Crippen LogP contribution in [0.5, 0.6) is 5.75 Å². The summed E-state index contributed by atoms with van der Waals surface area (Å²) in [6, 6.07) is 1.78. The molecular weight excluding hydrogens is 237 g/mol. The van der Waals surface area contributed by atoms with E-state index in [0.29, 0.717) is 18.4 Å². The molecular formula is C12H16FN3O2. The van der Waals surface area contributed by atoms with Crippen LogP contribution in [0, 0.1) is 5.95 Å². The molecule has 1 fully saturated rings. The molecule has 0 spiro atoms. The first-order chi connectivity index (χ1) is 8.65. The van der Waals surface area contributed by atoms with Crippen LogP contribution in [0.3, 0.4) is 0 Å². The van der Waals surface area contributed by atoms with Crippen LogP contribution in [-0.2, 0) is 4.79 Å². The molecule has 1 aromatic rings. The number of anilines is 1. The maximum absolute atomic E-state index is 13.3. The van der Waals surface area contributed by atoms with Gasteiger partial charge in [-0.3, -0.25) is 4.79 Å². The highest BCUT2D eigenvalue weighted by atomic mass is 19.1. The van der Waals surface area contributed by atoms with Crippen molar-refractivity contribution in [2.75, 3.05) is 18.5 Å². The third-order valence-electron chi connectivity index (χ3n) is 2.74. The molecule has 6 heteroatoms. The van der Waals surface area contributed by atoms with Crippen molar-refractivity contribution in [2.24, 2.45) is 0 Å². The second-order valence-electron chi connectivity index (χ2n) is 4.29. The van der Waals surface area contributed by atoms with E-state index in [1.165, 1.54) is 19.2 Å². The average molecular weight is 253 g/mol. The molecule has 1 atom stereocenters. The van der Waals surface area contributed by atoms with Crippen LogP contribution in [0.1, 0.15) is 19.8 Å². The van der Waals surface area contributed by atoms with Crippen molar-refractivity contribution in [2.45, 2.75) is 25.8 Å². The first kappa shape index (κ1) is 12.8. The maximum atomic E-state index is 13.3. The number of rotatable bonds is 4. The molecule has 1 saturated heterocycles. The average Bonchev–Trinajstić information content (AvgIpc) is 2.82. The van der Waals surface area contributed by atoms with Gasteiger partial charge in [-0.25, -0.2) is 4.98 Å². The number of nitrogens with one attached hydrogen (secondary N) is 2. The number of carbonyl (C=O) groups excluding carboxylic acids is 1. The molecule has 2 heterocycles. The normalized spacial score (nSPS) is 18.7. The Bertz CT molecular complexity index is 433. The van der Waals surface area contributed by atoms with Crippen molar-refractivity contribution in [1.29, 1.82) is 0 Å². The standard InChI is InChI=1S/C12H16FN3O2/c1-8(17)16-11-5-10(6-15-12(11)13)18-7-9-3-2-4-14-9/h5-6,9,14H,2-4,7H2,1H3,(H,16,17). The van der Waals surface area contributed by atoms with Gasteiger partial charge in [0.15, 0.2) is 0 Å². The Kier molecular flexibility index (Phi) is 4.09. The van der Waals surface area contributed by atoms with Crippen molar-refractivity contribution in [3.63, 3.8) is 0 Å². The van der Waals surface area contributed by atoms with Crippen molar-refractivity contribution in [3.05, 3.63) is 18.2 Å². The van der Waals surface area contributed by atoms with Crippen LogP contribution in [0.15, 0.2) is 12.3 Å². The van der Waals surface area contributed by atoms with Gasteiger partial charge in [-0.05, 0) is 19.4 Å². The maximum Gasteiger partial charge on any atom is 0.236 e. The third-order valence-corrected chi connectivity index (χ3v) is 2.74. The molecule has 0 bridgehead atoms. The van der Waals surface area contributed by atoms with Crippen LogP contribution in [-0.4, -0.2) is 30.1 Å². The summed E-state index contributed by atoms with van der Waals surface area (Å²) in [6.45, 7) is 2.84. The lowest BCUT2D eigenvalue weighted by Gasteiger charge is -2.12. The van der Waals surface area contributed by atoms with E-state index >= 15 is 0 Å². The fourth-order valence-electron chi connectivity index (χ4n) is 1.88. The van der Waals surface area contributed by atoms with Crippen LogP contribution < -0.4 is 15.4 Å². The molecule has 2 rings (SSSR count). The van der Waals surface area contributed by atoms with Gasteiger partial charge < -0.3 is 15.4 Å². The summed E-state index contributed by atoms with van der Waals surface area (Å²) >= 11 is 0. The molecule has 1 unspecified atom stereocenters. The summed E-state index contributed by atoms with van der Waals surface area (Å²) in [7, 11) is 0.